The minimum absolute atomic E-state index is 0.153. The van der Waals surface area contributed by atoms with Gasteiger partial charge in [0.15, 0.2) is 0 Å². The van der Waals surface area contributed by atoms with E-state index in [2.05, 4.69) is 10.6 Å². The zero-order valence-electron chi connectivity index (χ0n) is 17.4. The van der Waals surface area contributed by atoms with Crippen molar-refractivity contribution >= 4 is 17.7 Å². The van der Waals surface area contributed by atoms with E-state index in [0.29, 0.717) is 17.8 Å². The third-order valence-corrected chi connectivity index (χ3v) is 4.28. The van der Waals surface area contributed by atoms with Crippen LogP contribution in [-0.4, -0.2) is 17.6 Å². The first-order valence-electron chi connectivity index (χ1n) is 9.83. The number of benzene rings is 3. The molecule has 5 nitrogen and oxygen atoms in total. The number of nitrogens with one attached hydrogen (secondary N) is 2. The van der Waals surface area contributed by atoms with E-state index in [1.807, 2.05) is 93.6 Å². The molecule has 0 heterocycles. The summed E-state index contributed by atoms with van der Waals surface area (Å²) >= 11 is 0. The van der Waals surface area contributed by atoms with Crippen molar-refractivity contribution in [2.24, 2.45) is 0 Å². The van der Waals surface area contributed by atoms with Gasteiger partial charge in [-0.05, 0) is 61.7 Å². The molecule has 0 bridgehead atoms. The van der Waals surface area contributed by atoms with Crippen molar-refractivity contribution in [2.75, 3.05) is 5.32 Å². The average molecular weight is 402 g/mol. The van der Waals surface area contributed by atoms with Crippen molar-refractivity contribution in [2.45, 2.75) is 32.9 Å². The minimum atomic E-state index is -0.564. The summed E-state index contributed by atoms with van der Waals surface area (Å²) in [5.74, 6) is -0.153. The summed E-state index contributed by atoms with van der Waals surface area (Å²) in [6.07, 6.45) is -0.512. The Morgan fingerprint density at radius 2 is 1.50 bits per heavy atom. The summed E-state index contributed by atoms with van der Waals surface area (Å²) in [4.78, 5) is 24.4. The zero-order valence-corrected chi connectivity index (χ0v) is 17.4. The molecule has 2 N–H and O–H groups in total. The molecule has 2 amide bonds. The second-order valence-electron chi connectivity index (χ2n) is 7.95. The predicted octanol–water partition coefficient (Wildman–Crippen LogP) is 5.63. The molecule has 0 saturated carbocycles. The second kappa shape index (κ2) is 9.27. The number of carbonyl (C=O) groups is 2. The van der Waals surface area contributed by atoms with Gasteiger partial charge in [0.05, 0.1) is 0 Å². The molecule has 0 saturated heterocycles. The highest BCUT2D eigenvalue weighted by Gasteiger charge is 2.16. The quantitative estimate of drug-likeness (QED) is 0.581. The minimum Gasteiger partial charge on any atom is -0.444 e. The molecule has 0 aliphatic carbocycles. The highest BCUT2D eigenvalue weighted by Crippen LogP contribution is 2.19. The van der Waals surface area contributed by atoms with Crippen molar-refractivity contribution in [3.8, 4) is 11.1 Å². The Labute approximate surface area is 177 Å². The van der Waals surface area contributed by atoms with Gasteiger partial charge in [-0.25, -0.2) is 4.79 Å². The van der Waals surface area contributed by atoms with Crippen molar-refractivity contribution < 1.29 is 14.3 Å². The maximum atomic E-state index is 12.5. The molecule has 3 aromatic rings. The molecule has 3 aromatic carbocycles. The number of hydrogen-bond donors (Lipinski definition) is 2. The Morgan fingerprint density at radius 1 is 0.833 bits per heavy atom. The maximum Gasteiger partial charge on any atom is 0.412 e. The summed E-state index contributed by atoms with van der Waals surface area (Å²) in [5, 5.41) is 5.62. The third-order valence-electron chi connectivity index (χ3n) is 4.28. The van der Waals surface area contributed by atoms with Crippen LogP contribution in [0.15, 0.2) is 78.9 Å². The Balaban J connectivity index is 1.57. The van der Waals surface area contributed by atoms with E-state index in [0.717, 1.165) is 16.7 Å². The van der Waals surface area contributed by atoms with Crippen LogP contribution in [0.25, 0.3) is 11.1 Å². The van der Waals surface area contributed by atoms with E-state index in [1.54, 1.807) is 6.07 Å². The lowest BCUT2D eigenvalue weighted by Crippen LogP contribution is -2.27. The summed E-state index contributed by atoms with van der Waals surface area (Å²) in [5.41, 5.74) is 3.69. The van der Waals surface area contributed by atoms with Gasteiger partial charge in [0.2, 0.25) is 0 Å². The summed E-state index contributed by atoms with van der Waals surface area (Å²) in [6, 6.07) is 24.8. The van der Waals surface area contributed by atoms with E-state index in [9.17, 15) is 9.59 Å². The molecule has 0 spiro atoms. The molecule has 0 aliphatic heterocycles. The number of hydrogen-bond acceptors (Lipinski definition) is 3. The molecular formula is C25H26N2O3. The van der Waals surface area contributed by atoms with Crippen LogP contribution in [0.5, 0.6) is 0 Å². The van der Waals surface area contributed by atoms with Crippen molar-refractivity contribution in [1.82, 2.24) is 5.32 Å². The first-order chi connectivity index (χ1) is 14.3. The van der Waals surface area contributed by atoms with Gasteiger partial charge in [0.25, 0.3) is 5.91 Å². The molecule has 0 aromatic heterocycles. The van der Waals surface area contributed by atoms with E-state index >= 15 is 0 Å². The third kappa shape index (κ3) is 6.21. The summed E-state index contributed by atoms with van der Waals surface area (Å²) in [6.45, 7) is 5.78. The lowest BCUT2D eigenvalue weighted by Gasteiger charge is -2.19. The molecule has 0 aliphatic rings. The molecule has 5 heteroatoms. The average Bonchev–Trinajstić information content (AvgIpc) is 2.71. The van der Waals surface area contributed by atoms with Gasteiger partial charge in [0.1, 0.15) is 5.60 Å². The molecule has 0 radical (unpaired) electrons. The van der Waals surface area contributed by atoms with Crippen LogP contribution >= 0.6 is 0 Å². The summed E-state index contributed by atoms with van der Waals surface area (Å²) < 4.78 is 5.26. The van der Waals surface area contributed by atoms with Gasteiger partial charge in [0, 0.05) is 17.8 Å². The number of carbonyl (C=O) groups excluding carboxylic acids is 2. The van der Waals surface area contributed by atoms with Crippen molar-refractivity contribution in [3.05, 3.63) is 90.0 Å². The smallest absolute Gasteiger partial charge is 0.412 e. The SMILES string of the molecule is CC(C)(C)OC(=O)Nc1cccc(CNC(=O)c2ccc(-c3ccccc3)cc2)c1. The molecular weight excluding hydrogens is 376 g/mol. The fourth-order valence-corrected chi connectivity index (χ4v) is 2.91. The molecule has 0 atom stereocenters. The van der Waals surface area contributed by atoms with Crippen LogP contribution in [0.1, 0.15) is 36.7 Å². The Hall–Kier alpha value is -3.60. The standard InChI is InChI=1S/C25H26N2O3/c1-25(2,3)30-24(29)27-22-11-7-8-18(16-22)17-26-23(28)21-14-12-20(13-15-21)19-9-5-4-6-10-19/h4-16H,17H2,1-3H3,(H,26,28)(H,27,29). The lowest BCUT2D eigenvalue weighted by molar-refractivity contribution is 0.0635. The molecule has 0 unspecified atom stereocenters. The molecule has 0 fully saturated rings. The highest BCUT2D eigenvalue weighted by atomic mass is 16.6. The number of ether oxygens (including phenoxy) is 1. The van der Waals surface area contributed by atoms with Gasteiger partial charge < -0.3 is 10.1 Å². The second-order valence-corrected chi connectivity index (χ2v) is 7.95. The Morgan fingerprint density at radius 3 is 2.17 bits per heavy atom. The van der Waals surface area contributed by atoms with Gasteiger partial charge in [-0.15, -0.1) is 0 Å². The number of amides is 2. The van der Waals surface area contributed by atoms with Crippen molar-refractivity contribution in [1.29, 1.82) is 0 Å². The normalized spacial score (nSPS) is 10.9. The molecule has 154 valence electrons. The topological polar surface area (TPSA) is 67.4 Å². The lowest BCUT2D eigenvalue weighted by atomic mass is 10.0. The van der Waals surface area contributed by atoms with E-state index in [4.69, 9.17) is 4.74 Å². The Kier molecular flexibility index (Phi) is 6.52. The van der Waals surface area contributed by atoms with E-state index in [1.165, 1.54) is 0 Å². The monoisotopic (exact) mass is 402 g/mol. The largest absolute Gasteiger partial charge is 0.444 e. The number of anilines is 1. The fourth-order valence-electron chi connectivity index (χ4n) is 2.91. The molecule has 30 heavy (non-hydrogen) atoms. The maximum absolute atomic E-state index is 12.5. The number of rotatable bonds is 5. The first kappa shape index (κ1) is 21.1. The van der Waals surface area contributed by atoms with Crippen molar-refractivity contribution in [3.63, 3.8) is 0 Å². The van der Waals surface area contributed by atoms with Crippen LogP contribution in [0.4, 0.5) is 10.5 Å². The van der Waals surface area contributed by atoms with Gasteiger partial charge in [-0.2, -0.15) is 0 Å². The van der Waals surface area contributed by atoms with Crippen LogP contribution < -0.4 is 10.6 Å². The van der Waals surface area contributed by atoms with E-state index in [-0.39, 0.29) is 5.91 Å². The fraction of sp³-hybridized carbons (Fsp3) is 0.200. The summed E-state index contributed by atoms with van der Waals surface area (Å²) in [7, 11) is 0. The zero-order chi connectivity index (χ0) is 21.6. The van der Waals surface area contributed by atoms with E-state index < -0.39 is 11.7 Å². The van der Waals surface area contributed by atoms with Crippen LogP contribution in [0, 0.1) is 0 Å². The van der Waals surface area contributed by atoms with Gasteiger partial charge in [-0.1, -0.05) is 54.6 Å². The van der Waals surface area contributed by atoms with Crippen LogP contribution in [0.2, 0.25) is 0 Å². The van der Waals surface area contributed by atoms with Crippen LogP contribution in [-0.2, 0) is 11.3 Å². The highest BCUT2D eigenvalue weighted by molar-refractivity contribution is 5.94. The first-order valence-corrected chi connectivity index (χ1v) is 9.83. The molecule has 3 rings (SSSR count). The Bertz CT molecular complexity index is 1010. The predicted molar refractivity (Wildman–Crippen MR) is 119 cm³/mol. The van der Waals surface area contributed by atoms with Crippen LogP contribution in [0.3, 0.4) is 0 Å². The van der Waals surface area contributed by atoms with Gasteiger partial charge in [-0.3, -0.25) is 10.1 Å². The van der Waals surface area contributed by atoms with Gasteiger partial charge >= 0.3 is 6.09 Å².